The number of benzene rings is 6. The molecule has 4 aliphatic rings. The molecule has 0 radical (unpaired) electrons. The summed E-state index contributed by atoms with van der Waals surface area (Å²) in [6, 6.07) is 37.3. The molecule has 4 fully saturated rings. The molecule has 6 aromatic carbocycles. The molecule has 18 nitrogen and oxygen atoms in total. The number of esters is 1. The average molecular weight is 1430 g/mol. The van der Waals surface area contributed by atoms with E-state index >= 15 is 0 Å². The molecule has 30 heteroatoms. The summed E-state index contributed by atoms with van der Waals surface area (Å²) in [5, 5.41) is 12.2. The molecule has 4 saturated heterocycles. The van der Waals surface area contributed by atoms with Crippen LogP contribution in [0.25, 0.3) is 0 Å². The van der Waals surface area contributed by atoms with Crippen LogP contribution in [0.5, 0.6) is 0 Å². The monoisotopic (exact) mass is 1430 g/mol. The van der Waals surface area contributed by atoms with Crippen LogP contribution in [0.1, 0.15) is 133 Å². The molecule has 4 heterocycles. The smallest absolute Gasteiger partial charge is 0.417 e. The van der Waals surface area contributed by atoms with Gasteiger partial charge >= 0.3 is 54.9 Å². The van der Waals surface area contributed by atoms with Crippen molar-refractivity contribution in [3.8, 4) is 0 Å². The first-order valence-electron chi connectivity index (χ1n) is 31.6. The van der Waals surface area contributed by atoms with Crippen LogP contribution >= 0.6 is 0 Å². The van der Waals surface area contributed by atoms with E-state index in [4.69, 9.17) is 33.5 Å². The third-order valence-corrected chi connectivity index (χ3v) is 18.4. The highest BCUT2D eigenvalue weighted by atomic mass is 19.4. The number of nitrogens with one attached hydrogen (secondary N) is 1. The molecule has 10 rings (SSSR count). The van der Waals surface area contributed by atoms with Crippen molar-refractivity contribution in [2.45, 2.75) is 137 Å². The van der Waals surface area contributed by atoms with E-state index in [0.717, 1.165) is 15.4 Å². The van der Waals surface area contributed by atoms with E-state index < -0.39 is 149 Å². The Labute approximate surface area is 570 Å². The molecular weight excluding hydrogens is 1360 g/mol. The highest BCUT2D eigenvalue weighted by molar-refractivity contribution is 5.96. The maximum atomic E-state index is 14.4. The fourth-order valence-corrected chi connectivity index (χ4v) is 12.9. The number of piperidine rings is 2. The number of carbonyl (C=O) groups is 7. The SMILES string of the molecule is C[C@@H](OC[C@@]1(c2ccccc2)CC[C@]2(CCC(=O)N2C(=O)OCC(=O)O)CN1)c1cc(C(F)(F)F)cc(C(F)(F)F)c1.C[C@@H](OC[C@@]1(c2ccccc2)CC[C@]2(CCC(=O)N2C(=O)OCC(=O)OCc2ccccc2)CN1C(=O)OCc1ccccc1)c1cc(C(F)(F)F)cc(C(F)(F)F)c1. The van der Waals surface area contributed by atoms with E-state index in [9.17, 15) is 86.2 Å². The lowest BCUT2D eigenvalue weighted by Crippen LogP contribution is -2.66. The fourth-order valence-electron chi connectivity index (χ4n) is 12.9. The first-order valence-corrected chi connectivity index (χ1v) is 31.6. The largest absolute Gasteiger partial charge is 0.479 e. The fraction of sp³-hybridized carbons (Fsp3) is 0.394. The van der Waals surface area contributed by atoms with Crippen molar-refractivity contribution in [1.29, 1.82) is 0 Å². The zero-order chi connectivity index (χ0) is 73.3. The quantitative estimate of drug-likeness (QED) is 0.0465. The summed E-state index contributed by atoms with van der Waals surface area (Å²) in [5.74, 6) is -3.39. The molecule has 0 unspecified atom stereocenters. The van der Waals surface area contributed by atoms with Gasteiger partial charge in [-0.25, -0.2) is 33.8 Å². The minimum absolute atomic E-state index is 0.0171. The standard InChI is InChI=1S/C43H40F6N2O8.C28H28F6N2O6/c1-29(32-21-34(42(44,45)46)23-35(22-32)43(47,48)49)59-28-41(33-15-9-4-10-16-33)20-19-40(27-50(41)38(54)57-25-31-13-7-3-8-14-31)18-17-36(52)51(40)39(55)58-26-37(53)56-24-30-11-5-2-6-12-30;1-17(18-11-20(27(29,30)31)13-21(12-18)28(32,33)34)42-16-26(19-5-3-2-4-6-19)10-9-25(15-35-26)8-7-22(37)36(25)24(40)41-14-23(38)39/h2-16,21-23,29H,17-20,24-28H2,1H3;2-6,11-13,17,35H,7-10,14-16H2,1H3,(H,38,39)/t29-,40-,41-;17-,25-,26-/m11/s1. The molecule has 6 atom stereocenters. The van der Waals surface area contributed by atoms with E-state index in [0.29, 0.717) is 41.0 Å². The van der Waals surface area contributed by atoms with Gasteiger partial charge in [0.2, 0.25) is 11.8 Å². The molecule has 0 aromatic heterocycles. The van der Waals surface area contributed by atoms with Crippen LogP contribution < -0.4 is 5.32 Å². The van der Waals surface area contributed by atoms with Gasteiger partial charge in [0, 0.05) is 25.9 Å². The zero-order valence-electron chi connectivity index (χ0n) is 54.1. The number of nitrogens with zero attached hydrogens (tertiary/aromatic N) is 3. The number of hydrogen-bond donors (Lipinski definition) is 2. The highest BCUT2D eigenvalue weighted by Gasteiger charge is 2.60. The molecule has 101 heavy (non-hydrogen) atoms. The van der Waals surface area contributed by atoms with E-state index in [-0.39, 0.29) is 102 Å². The normalized spacial score (nSPS) is 21.5. The summed E-state index contributed by atoms with van der Waals surface area (Å²) < 4.78 is 196. The molecule has 4 aliphatic heterocycles. The number of amides is 5. The first-order chi connectivity index (χ1) is 47.6. The van der Waals surface area contributed by atoms with Crippen LogP contribution in [-0.2, 0) is 96.6 Å². The van der Waals surface area contributed by atoms with Gasteiger partial charge in [0.05, 0.1) is 69.8 Å². The predicted octanol–water partition coefficient (Wildman–Crippen LogP) is 15.0. The number of aliphatic carboxylic acids is 1. The van der Waals surface area contributed by atoms with Gasteiger partial charge in [-0.1, -0.05) is 121 Å². The average Bonchev–Trinajstić information content (AvgIpc) is 1.70. The molecule has 0 bridgehead atoms. The third-order valence-electron chi connectivity index (χ3n) is 18.4. The maximum absolute atomic E-state index is 14.4. The van der Waals surface area contributed by atoms with Gasteiger partial charge in [-0.05, 0) is 122 Å². The lowest BCUT2D eigenvalue weighted by molar-refractivity contribution is -0.150. The van der Waals surface area contributed by atoms with Crippen LogP contribution in [0.2, 0.25) is 0 Å². The van der Waals surface area contributed by atoms with Gasteiger partial charge < -0.3 is 38.8 Å². The van der Waals surface area contributed by atoms with E-state index in [1.165, 1.54) is 18.7 Å². The summed E-state index contributed by atoms with van der Waals surface area (Å²) in [5.41, 5.74) is -8.92. The van der Waals surface area contributed by atoms with Crippen LogP contribution in [0.4, 0.5) is 67.1 Å². The summed E-state index contributed by atoms with van der Waals surface area (Å²) in [6.07, 6.45) is -25.0. The third kappa shape index (κ3) is 18.0. The molecule has 5 amide bonds. The van der Waals surface area contributed by atoms with Crippen molar-refractivity contribution < 1.29 is 120 Å². The molecular formula is C71H68F12N4O14. The number of carboxylic acids is 1. The lowest BCUT2D eigenvalue weighted by Gasteiger charge is -2.54. The maximum Gasteiger partial charge on any atom is 0.417 e. The van der Waals surface area contributed by atoms with E-state index in [1.807, 2.05) is 0 Å². The molecule has 0 saturated carbocycles. The zero-order valence-corrected chi connectivity index (χ0v) is 54.1. The Kier molecular flexibility index (Phi) is 23.0. The number of ether oxygens (including phenoxy) is 6. The van der Waals surface area contributed by atoms with Gasteiger partial charge in [0.25, 0.3) is 0 Å². The van der Waals surface area contributed by atoms with E-state index in [2.05, 4.69) is 5.32 Å². The topological polar surface area (TPSA) is 217 Å². The molecule has 2 spiro atoms. The van der Waals surface area contributed by atoms with Crippen molar-refractivity contribution in [3.05, 3.63) is 213 Å². The van der Waals surface area contributed by atoms with Gasteiger partial charge in [-0.2, -0.15) is 52.7 Å². The minimum atomic E-state index is -5.09. The predicted molar refractivity (Wildman–Crippen MR) is 332 cm³/mol. The number of likely N-dealkylation sites (tertiary alicyclic amines) is 3. The summed E-state index contributed by atoms with van der Waals surface area (Å²) >= 11 is 0. The van der Waals surface area contributed by atoms with Crippen LogP contribution in [0, 0.1) is 0 Å². The summed E-state index contributed by atoms with van der Waals surface area (Å²) in [6.45, 7) is -0.208. The van der Waals surface area contributed by atoms with E-state index in [1.54, 1.807) is 121 Å². The molecule has 6 aromatic rings. The Balaban J connectivity index is 0.000000249. The van der Waals surface area contributed by atoms with Crippen molar-refractivity contribution in [2.75, 3.05) is 39.5 Å². The Morgan fingerprint density at radius 3 is 1.33 bits per heavy atom. The first kappa shape index (κ1) is 75.6. The number of carbonyl (C=O) groups excluding carboxylic acids is 6. The summed E-state index contributed by atoms with van der Waals surface area (Å²) in [4.78, 5) is 93.2. The second-order valence-corrected chi connectivity index (χ2v) is 25.0. The number of imide groups is 2. The van der Waals surface area contributed by atoms with Crippen molar-refractivity contribution in [1.82, 2.24) is 20.0 Å². The van der Waals surface area contributed by atoms with Crippen LogP contribution in [-0.4, -0.2) is 112 Å². The number of halogens is 12. The molecule has 0 aliphatic carbocycles. The Bertz CT molecular complexity index is 3870. The molecule has 540 valence electrons. The number of rotatable bonds is 18. The Morgan fingerprint density at radius 2 is 0.881 bits per heavy atom. The molecule has 2 N–H and O–H groups in total. The number of alkyl halides is 12. The van der Waals surface area contributed by atoms with Gasteiger partial charge in [-0.3, -0.25) is 14.5 Å². The van der Waals surface area contributed by atoms with Crippen molar-refractivity contribution >= 4 is 42.0 Å². The summed E-state index contributed by atoms with van der Waals surface area (Å²) in [7, 11) is 0. The highest BCUT2D eigenvalue weighted by Crippen LogP contribution is 2.50. The van der Waals surface area contributed by atoms with Gasteiger partial charge in [0.15, 0.2) is 13.2 Å². The second kappa shape index (κ2) is 30.7. The second-order valence-electron chi connectivity index (χ2n) is 25.0. The number of carboxylic acid groups (broad SMARTS) is 1. The minimum Gasteiger partial charge on any atom is -0.479 e. The lowest BCUT2D eigenvalue weighted by atomic mass is 9.73. The van der Waals surface area contributed by atoms with Crippen molar-refractivity contribution in [2.24, 2.45) is 0 Å². The van der Waals surface area contributed by atoms with Gasteiger partial charge in [0.1, 0.15) is 13.2 Å². The number of hydrogen-bond acceptors (Lipinski definition) is 14. The van der Waals surface area contributed by atoms with Crippen LogP contribution in [0.3, 0.4) is 0 Å². The van der Waals surface area contributed by atoms with Crippen molar-refractivity contribution in [3.63, 3.8) is 0 Å². The Hall–Kier alpha value is -9.55. The van der Waals surface area contributed by atoms with Crippen LogP contribution in [0.15, 0.2) is 158 Å². The van der Waals surface area contributed by atoms with Gasteiger partial charge in [-0.15, -0.1) is 0 Å². The Morgan fingerprint density at radius 1 is 0.475 bits per heavy atom.